The van der Waals surface area contributed by atoms with Crippen LogP contribution < -0.4 is 34.7 Å². The molecule has 0 aliphatic heterocycles. The molecule has 0 aliphatic rings. The monoisotopic (exact) mass is 784 g/mol. The Kier molecular flexibility index (Phi) is 54.9. The minimum atomic E-state index is -0.900. The summed E-state index contributed by atoms with van der Waals surface area (Å²) in [6.45, 7) is 7.39. The molecule has 0 rings (SSSR count). The minimum absolute atomic E-state index is 0. The third kappa shape index (κ3) is 52.4. The summed E-state index contributed by atoms with van der Waals surface area (Å²) >= 11 is 0. The summed E-state index contributed by atoms with van der Waals surface area (Å²) in [5.41, 5.74) is 0. The van der Waals surface area contributed by atoms with E-state index in [0.717, 1.165) is 13.1 Å². The molecule has 3 nitrogen and oxygen atoms in total. The number of carbonyl (C=O) groups is 1. The predicted octanol–water partition coefficient (Wildman–Crippen LogP) is 13.6. The summed E-state index contributed by atoms with van der Waals surface area (Å²) in [4.78, 5) is 13.5. The van der Waals surface area contributed by atoms with Crippen LogP contribution in [0.3, 0.4) is 0 Å². The van der Waals surface area contributed by atoms with Crippen LogP contribution in [0.2, 0.25) is 0 Å². The zero-order valence-corrected chi connectivity index (χ0v) is 40.7. The zero-order chi connectivity index (χ0) is 39.1. The summed E-state index contributed by atoms with van der Waals surface area (Å²) in [5, 5.41) is 11.1. The van der Waals surface area contributed by atoms with Crippen LogP contribution in [0, 0.1) is 0 Å². The van der Waals surface area contributed by atoms with E-state index in [0.29, 0.717) is 6.54 Å². The molecule has 0 aliphatic carbocycles. The van der Waals surface area contributed by atoms with Gasteiger partial charge in [0.05, 0.1) is 0 Å². The van der Waals surface area contributed by atoms with E-state index in [1.165, 1.54) is 283 Å². The van der Waals surface area contributed by atoms with Crippen molar-refractivity contribution in [2.45, 2.75) is 303 Å². The molecule has 0 atom stereocenters. The normalized spacial score (nSPS) is 11.5. The third-order valence-electron chi connectivity index (χ3n) is 12.3. The van der Waals surface area contributed by atoms with Gasteiger partial charge in [0.2, 0.25) is 0 Å². The first-order valence-corrected chi connectivity index (χ1v) is 25.6. The molecule has 0 bridgehead atoms. The molecule has 0 saturated carbocycles. The fraction of sp³-hybridized carbons (Fsp3) is 0.980. The number of carboxylic acids is 1. The fourth-order valence-electron chi connectivity index (χ4n) is 8.47. The van der Waals surface area contributed by atoms with Crippen molar-refractivity contribution in [3.05, 3.63) is 0 Å². The van der Waals surface area contributed by atoms with Crippen molar-refractivity contribution in [2.75, 3.05) is 19.6 Å². The number of carbonyl (C=O) groups excluding carboxylic acids is 1. The molecule has 0 aromatic rings. The predicted molar refractivity (Wildman–Crippen MR) is 241 cm³/mol. The van der Waals surface area contributed by atoms with Crippen LogP contribution in [0.1, 0.15) is 303 Å². The second-order valence-electron chi connectivity index (χ2n) is 17.8. The topological polar surface area (TPSA) is 43.4 Å². The molecule has 0 amide bonds. The Hall–Kier alpha value is 0.430. The van der Waals surface area contributed by atoms with Gasteiger partial charge in [-0.05, 0) is 32.4 Å². The number of nitrogens with zero attached hydrogens (tertiary/aromatic N) is 1. The van der Waals surface area contributed by atoms with Crippen molar-refractivity contribution in [1.82, 2.24) is 4.90 Å². The summed E-state index contributed by atoms with van der Waals surface area (Å²) < 4.78 is 0. The number of rotatable bonds is 49. The van der Waals surface area contributed by atoms with E-state index in [4.69, 9.17) is 0 Å². The van der Waals surface area contributed by atoms with Gasteiger partial charge in [0, 0.05) is 12.5 Å². The van der Waals surface area contributed by atoms with Crippen LogP contribution in [0.4, 0.5) is 0 Å². The van der Waals surface area contributed by atoms with Gasteiger partial charge in [-0.3, -0.25) is 0 Å². The Balaban J connectivity index is 0. The minimum Gasteiger partial charge on any atom is -0.550 e. The summed E-state index contributed by atoms with van der Waals surface area (Å²) in [5.74, 6) is -0.900. The van der Waals surface area contributed by atoms with E-state index in [9.17, 15) is 9.90 Å². The molecule has 4 heteroatoms. The first-order valence-electron chi connectivity index (χ1n) is 25.6. The van der Waals surface area contributed by atoms with Gasteiger partial charge in [-0.25, -0.2) is 0 Å². The first kappa shape index (κ1) is 57.5. The Bertz CT molecular complexity index is 640. The number of hydrogen-bond acceptors (Lipinski definition) is 3. The summed E-state index contributed by atoms with van der Waals surface area (Å²) in [6, 6.07) is 0. The molecule has 0 aromatic heterocycles. The van der Waals surface area contributed by atoms with Gasteiger partial charge in [0.15, 0.2) is 0 Å². The molecule has 55 heavy (non-hydrogen) atoms. The Morgan fingerprint density at radius 2 is 0.455 bits per heavy atom. The van der Waals surface area contributed by atoms with Gasteiger partial charge in [0.1, 0.15) is 0 Å². The van der Waals surface area contributed by atoms with Crippen molar-refractivity contribution in [3.63, 3.8) is 0 Å². The molecule has 0 aromatic carbocycles. The number of unbranched alkanes of at least 4 members (excludes halogenated alkanes) is 42. The van der Waals surface area contributed by atoms with Crippen LogP contribution in [0.25, 0.3) is 0 Å². The molecule has 324 valence electrons. The standard InChI is InChI=1S/C51H103NO2.Na/c1-3-5-7-9-11-13-15-17-19-21-23-25-27-29-31-33-35-37-39-41-43-45-48-52(50-47-51(53)54)49-46-44-42-40-38-36-34-32-30-28-26-24-22-20-18-16-14-12-10-8-6-4-2;/h3-50H2,1-2H3,(H,53,54);/q;+1/p-1. The van der Waals surface area contributed by atoms with Crippen LogP contribution in [-0.2, 0) is 4.79 Å². The van der Waals surface area contributed by atoms with E-state index in [1.54, 1.807) is 0 Å². The van der Waals surface area contributed by atoms with E-state index >= 15 is 0 Å². The number of aliphatic carboxylic acids is 1. The van der Waals surface area contributed by atoms with Gasteiger partial charge in [-0.2, -0.15) is 0 Å². The molecule has 0 fully saturated rings. The molecule has 0 N–H and O–H groups in total. The second-order valence-corrected chi connectivity index (χ2v) is 17.8. The fourth-order valence-corrected chi connectivity index (χ4v) is 8.47. The van der Waals surface area contributed by atoms with Crippen molar-refractivity contribution in [2.24, 2.45) is 0 Å². The van der Waals surface area contributed by atoms with Crippen LogP contribution in [0.5, 0.6) is 0 Å². The Labute approximate surface area is 370 Å². The van der Waals surface area contributed by atoms with Crippen molar-refractivity contribution in [1.29, 1.82) is 0 Å². The van der Waals surface area contributed by atoms with Gasteiger partial charge in [-0.1, -0.05) is 284 Å². The molecule has 0 saturated heterocycles. The number of carboxylic acid groups (broad SMARTS) is 1. The summed E-state index contributed by atoms with van der Waals surface area (Å²) in [7, 11) is 0. The van der Waals surface area contributed by atoms with Crippen molar-refractivity contribution >= 4 is 5.97 Å². The maximum atomic E-state index is 11.1. The Morgan fingerprint density at radius 3 is 0.618 bits per heavy atom. The van der Waals surface area contributed by atoms with Crippen LogP contribution in [0.15, 0.2) is 0 Å². The van der Waals surface area contributed by atoms with E-state index < -0.39 is 5.97 Å². The molecule has 0 unspecified atom stereocenters. The van der Waals surface area contributed by atoms with Crippen molar-refractivity contribution in [3.8, 4) is 0 Å². The van der Waals surface area contributed by atoms with Gasteiger partial charge in [0.25, 0.3) is 0 Å². The quantitative estimate of drug-likeness (QED) is 0.0456. The molecule has 0 spiro atoms. The average Bonchev–Trinajstić information content (AvgIpc) is 3.17. The van der Waals surface area contributed by atoms with Crippen LogP contribution >= 0.6 is 0 Å². The first-order chi connectivity index (χ1) is 26.7. The SMILES string of the molecule is CCCCCCCCCCCCCCCCCCCCCCCCN(CCCCCCCCCCCCCCCCCCCCCCCC)CCC(=O)[O-].[Na+]. The summed E-state index contributed by atoms with van der Waals surface area (Å²) in [6.07, 6.45) is 62.6. The van der Waals surface area contributed by atoms with E-state index in [-0.39, 0.29) is 36.0 Å². The van der Waals surface area contributed by atoms with E-state index in [1.807, 2.05) is 0 Å². The van der Waals surface area contributed by atoms with E-state index in [2.05, 4.69) is 18.7 Å². The maximum Gasteiger partial charge on any atom is 1.00 e. The third-order valence-corrected chi connectivity index (χ3v) is 12.3. The van der Waals surface area contributed by atoms with Crippen LogP contribution in [-0.4, -0.2) is 30.5 Å². The van der Waals surface area contributed by atoms with Gasteiger partial charge >= 0.3 is 29.6 Å². The average molecular weight is 784 g/mol. The smallest absolute Gasteiger partial charge is 0.550 e. The molecular formula is C51H102NNaO2. The van der Waals surface area contributed by atoms with Gasteiger partial charge in [-0.15, -0.1) is 0 Å². The largest absolute Gasteiger partial charge is 1.00 e. The molecule has 0 radical (unpaired) electrons. The molecular weight excluding hydrogens is 682 g/mol. The zero-order valence-electron chi connectivity index (χ0n) is 38.7. The Morgan fingerprint density at radius 1 is 0.291 bits per heavy atom. The number of hydrogen-bond donors (Lipinski definition) is 0. The maximum absolute atomic E-state index is 11.1. The van der Waals surface area contributed by atoms with Crippen molar-refractivity contribution < 1.29 is 39.5 Å². The molecule has 0 heterocycles. The second kappa shape index (κ2) is 52.4. The van der Waals surface area contributed by atoms with Gasteiger partial charge < -0.3 is 14.8 Å².